The minimum atomic E-state index is -0.781. The summed E-state index contributed by atoms with van der Waals surface area (Å²) in [6, 6.07) is 19.8. The molecule has 5 rings (SSSR count). The first-order chi connectivity index (χ1) is 21.4. The quantitative estimate of drug-likeness (QED) is 0.193. The zero-order valence-corrected chi connectivity index (χ0v) is 26.5. The highest BCUT2D eigenvalue weighted by molar-refractivity contribution is 7.07. The van der Waals surface area contributed by atoms with Crippen molar-refractivity contribution in [3.05, 3.63) is 119 Å². The molecule has 10 heteroatoms. The SMILES string of the molecule is CCCC1=C(C(=O)OCC)[C@@H](c2ccccc2OC)n2c(s/c(=C\c3cc(Cl)c(OCc4ccccc4)c(OC)c3)c2=O)=N1. The second-order valence-electron chi connectivity index (χ2n) is 9.96. The van der Waals surface area contributed by atoms with Gasteiger partial charge < -0.3 is 18.9 Å². The predicted octanol–water partition coefficient (Wildman–Crippen LogP) is 5.83. The number of carbonyl (C=O) groups is 1. The number of fused-ring (bicyclic) bond motifs is 1. The van der Waals surface area contributed by atoms with Crippen LogP contribution in [0.25, 0.3) is 6.08 Å². The molecule has 228 valence electrons. The number of para-hydroxylation sites is 1. The lowest BCUT2D eigenvalue weighted by atomic mass is 9.93. The van der Waals surface area contributed by atoms with E-state index >= 15 is 0 Å². The van der Waals surface area contributed by atoms with Gasteiger partial charge >= 0.3 is 5.97 Å². The fourth-order valence-electron chi connectivity index (χ4n) is 5.15. The van der Waals surface area contributed by atoms with Crippen molar-refractivity contribution < 1.29 is 23.7 Å². The number of hydrogen-bond donors (Lipinski definition) is 0. The number of benzene rings is 3. The molecular formula is C34H33ClN2O6S. The van der Waals surface area contributed by atoms with Crippen LogP contribution in [0.5, 0.6) is 17.2 Å². The average Bonchev–Trinajstić information content (AvgIpc) is 3.34. The lowest BCUT2D eigenvalue weighted by molar-refractivity contribution is -0.139. The third kappa shape index (κ3) is 6.30. The van der Waals surface area contributed by atoms with Gasteiger partial charge in [-0.1, -0.05) is 84.8 Å². The molecule has 1 aliphatic heterocycles. The normalized spacial score (nSPS) is 14.6. The van der Waals surface area contributed by atoms with Gasteiger partial charge in [0, 0.05) is 5.56 Å². The zero-order chi connectivity index (χ0) is 31.2. The molecule has 0 spiro atoms. The third-order valence-electron chi connectivity index (χ3n) is 7.10. The molecule has 0 saturated carbocycles. The third-order valence-corrected chi connectivity index (χ3v) is 8.36. The molecule has 0 unspecified atom stereocenters. The maximum absolute atomic E-state index is 14.1. The number of thiazole rings is 1. The topological polar surface area (TPSA) is 88.4 Å². The molecule has 3 aromatic carbocycles. The zero-order valence-electron chi connectivity index (χ0n) is 25.0. The van der Waals surface area contributed by atoms with E-state index in [0.29, 0.717) is 67.0 Å². The van der Waals surface area contributed by atoms with E-state index in [-0.39, 0.29) is 12.2 Å². The minimum absolute atomic E-state index is 0.193. The number of aromatic nitrogens is 1. The van der Waals surface area contributed by atoms with Gasteiger partial charge in [0.25, 0.3) is 5.56 Å². The van der Waals surface area contributed by atoms with E-state index in [9.17, 15) is 9.59 Å². The van der Waals surface area contributed by atoms with Gasteiger partial charge in [0.1, 0.15) is 18.4 Å². The Morgan fingerprint density at radius 1 is 1.02 bits per heavy atom. The maximum atomic E-state index is 14.1. The van der Waals surface area contributed by atoms with Crippen LogP contribution in [0.2, 0.25) is 5.02 Å². The van der Waals surface area contributed by atoms with E-state index in [0.717, 1.165) is 12.0 Å². The Kier molecular flexibility index (Phi) is 9.87. The molecule has 0 fully saturated rings. The second kappa shape index (κ2) is 14.0. The summed E-state index contributed by atoms with van der Waals surface area (Å²) in [6.07, 6.45) is 3.04. The van der Waals surface area contributed by atoms with Crippen molar-refractivity contribution in [1.82, 2.24) is 4.57 Å². The van der Waals surface area contributed by atoms with E-state index < -0.39 is 12.0 Å². The van der Waals surface area contributed by atoms with Gasteiger partial charge in [0.05, 0.1) is 41.7 Å². The summed E-state index contributed by atoms with van der Waals surface area (Å²) in [5, 5.41) is 0.348. The fraction of sp³-hybridized carbons (Fsp3) is 0.265. The van der Waals surface area contributed by atoms with Crippen LogP contribution >= 0.6 is 22.9 Å². The van der Waals surface area contributed by atoms with Gasteiger partial charge in [0.2, 0.25) is 0 Å². The largest absolute Gasteiger partial charge is 0.496 e. The lowest BCUT2D eigenvalue weighted by Gasteiger charge is -2.26. The molecule has 0 radical (unpaired) electrons. The summed E-state index contributed by atoms with van der Waals surface area (Å²) < 4.78 is 24.7. The lowest BCUT2D eigenvalue weighted by Crippen LogP contribution is -2.40. The second-order valence-corrected chi connectivity index (χ2v) is 11.4. The first kappa shape index (κ1) is 31.1. The Bertz CT molecular complexity index is 1880. The summed E-state index contributed by atoms with van der Waals surface area (Å²) in [7, 11) is 3.10. The number of nitrogens with zero attached hydrogens (tertiary/aromatic N) is 2. The molecule has 44 heavy (non-hydrogen) atoms. The number of rotatable bonds is 11. The van der Waals surface area contributed by atoms with Crippen LogP contribution in [0.15, 0.2) is 87.8 Å². The van der Waals surface area contributed by atoms with Crippen molar-refractivity contribution in [3.63, 3.8) is 0 Å². The van der Waals surface area contributed by atoms with Crippen LogP contribution in [0.3, 0.4) is 0 Å². The molecule has 0 amide bonds. The van der Waals surface area contributed by atoms with Crippen LogP contribution in [0.1, 0.15) is 49.4 Å². The van der Waals surface area contributed by atoms with Crippen molar-refractivity contribution >= 4 is 35.0 Å². The molecule has 4 aromatic rings. The van der Waals surface area contributed by atoms with Crippen LogP contribution in [-0.2, 0) is 16.1 Å². The molecule has 1 aromatic heterocycles. The van der Waals surface area contributed by atoms with Crippen LogP contribution in [0.4, 0.5) is 0 Å². The monoisotopic (exact) mass is 632 g/mol. The van der Waals surface area contributed by atoms with Crippen LogP contribution < -0.4 is 29.1 Å². The van der Waals surface area contributed by atoms with Gasteiger partial charge in [-0.3, -0.25) is 9.36 Å². The maximum Gasteiger partial charge on any atom is 0.338 e. The van der Waals surface area contributed by atoms with Gasteiger partial charge in [-0.05, 0) is 48.7 Å². The molecular weight excluding hydrogens is 600 g/mol. The molecule has 2 heterocycles. The van der Waals surface area contributed by atoms with Crippen LogP contribution in [-0.4, -0.2) is 31.4 Å². The fourth-order valence-corrected chi connectivity index (χ4v) is 6.45. The Morgan fingerprint density at radius 2 is 1.75 bits per heavy atom. The summed E-state index contributed by atoms with van der Waals surface area (Å²) in [6.45, 7) is 4.28. The molecule has 1 aliphatic rings. The van der Waals surface area contributed by atoms with Crippen molar-refractivity contribution in [1.29, 1.82) is 0 Å². The Labute approximate surface area is 264 Å². The Morgan fingerprint density at radius 3 is 2.45 bits per heavy atom. The minimum Gasteiger partial charge on any atom is -0.496 e. The van der Waals surface area contributed by atoms with E-state index in [1.807, 2.05) is 61.5 Å². The standard InChI is InChI=1S/C34H33ClN2O6S/c1-5-12-25-29(33(39)42-6-2)30(23-15-10-11-16-26(23)40-3)37-32(38)28(44-34(37)36-25)19-22-17-24(35)31(27(18-22)41-4)43-20-21-13-8-7-9-14-21/h7-11,13-19,30H,5-6,12,20H2,1-4H3/b28-19-/t30-/m1/s1. The number of allylic oxidation sites excluding steroid dienone is 1. The highest BCUT2D eigenvalue weighted by atomic mass is 35.5. The smallest absolute Gasteiger partial charge is 0.338 e. The average molecular weight is 633 g/mol. The summed E-state index contributed by atoms with van der Waals surface area (Å²) in [5.41, 5.74) is 2.93. The van der Waals surface area contributed by atoms with E-state index in [1.165, 1.54) is 18.4 Å². The molecule has 0 saturated heterocycles. The Hall–Kier alpha value is -4.34. The van der Waals surface area contributed by atoms with Gasteiger partial charge in [0.15, 0.2) is 16.3 Å². The number of halogens is 1. The number of ether oxygens (including phenoxy) is 4. The highest BCUT2D eigenvalue weighted by Crippen LogP contribution is 2.38. The summed E-state index contributed by atoms with van der Waals surface area (Å²) in [5.74, 6) is 0.895. The van der Waals surface area contributed by atoms with Crippen LogP contribution in [0, 0.1) is 0 Å². The first-order valence-electron chi connectivity index (χ1n) is 14.3. The van der Waals surface area contributed by atoms with Crippen molar-refractivity contribution in [2.75, 3.05) is 20.8 Å². The van der Waals surface area contributed by atoms with Gasteiger partial charge in [-0.2, -0.15) is 0 Å². The van der Waals surface area contributed by atoms with E-state index in [2.05, 4.69) is 0 Å². The Balaban J connectivity index is 1.64. The number of carbonyl (C=O) groups excluding carboxylic acids is 1. The number of methoxy groups -OCH3 is 2. The first-order valence-corrected chi connectivity index (χ1v) is 15.5. The van der Waals surface area contributed by atoms with E-state index in [4.69, 9.17) is 35.5 Å². The number of esters is 1. The number of hydrogen-bond acceptors (Lipinski definition) is 8. The molecule has 8 nitrogen and oxygen atoms in total. The summed E-state index contributed by atoms with van der Waals surface area (Å²) in [4.78, 5) is 32.9. The van der Waals surface area contributed by atoms with Crippen molar-refractivity contribution in [2.24, 2.45) is 4.99 Å². The summed E-state index contributed by atoms with van der Waals surface area (Å²) >= 11 is 7.91. The van der Waals surface area contributed by atoms with Crippen molar-refractivity contribution in [3.8, 4) is 17.2 Å². The van der Waals surface area contributed by atoms with Crippen molar-refractivity contribution in [2.45, 2.75) is 39.3 Å². The molecule has 0 bridgehead atoms. The predicted molar refractivity (Wildman–Crippen MR) is 171 cm³/mol. The molecule has 0 N–H and O–H groups in total. The highest BCUT2D eigenvalue weighted by Gasteiger charge is 2.35. The van der Waals surface area contributed by atoms with E-state index in [1.54, 1.807) is 36.8 Å². The van der Waals surface area contributed by atoms with Gasteiger partial charge in [-0.15, -0.1) is 0 Å². The molecule has 0 aliphatic carbocycles. The van der Waals surface area contributed by atoms with Gasteiger partial charge in [-0.25, -0.2) is 9.79 Å². The molecule has 1 atom stereocenters.